The van der Waals surface area contributed by atoms with E-state index in [1.54, 1.807) is 12.1 Å². The Bertz CT molecular complexity index is 1150. The van der Waals surface area contributed by atoms with Gasteiger partial charge < -0.3 is 4.74 Å². The number of hydrogen-bond acceptors (Lipinski definition) is 6. The van der Waals surface area contributed by atoms with E-state index in [9.17, 15) is 13.6 Å². The number of thiophene rings is 1. The van der Waals surface area contributed by atoms with Gasteiger partial charge in [0.1, 0.15) is 10.6 Å². The maximum atomic E-state index is 12.6. The molecule has 0 fully saturated rings. The van der Waals surface area contributed by atoms with Crippen LogP contribution in [0.5, 0.6) is 5.75 Å². The zero-order valence-electron chi connectivity index (χ0n) is 13.9. The van der Waals surface area contributed by atoms with Crippen LogP contribution in [0, 0.1) is 0 Å². The van der Waals surface area contributed by atoms with Crippen LogP contribution in [-0.4, -0.2) is 21.9 Å². The molecule has 1 amide bonds. The molecule has 4 aromatic rings. The van der Waals surface area contributed by atoms with Gasteiger partial charge in [-0.3, -0.25) is 10.1 Å². The Morgan fingerprint density at radius 3 is 2.61 bits per heavy atom. The molecule has 2 heterocycles. The number of aromatic nitrogens is 2. The minimum absolute atomic E-state index is 0.0434. The number of benzene rings is 2. The predicted molar refractivity (Wildman–Crippen MR) is 107 cm³/mol. The van der Waals surface area contributed by atoms with Crippen molar-refractivity contribution in [2.75, 3.05) is 5.32 Å². The number of nitrogens with zero attached hydrogens (tertiary/aromatic N) is 2. The Morgan fingerprint density at radius 2 is 1.89 bits per heavy atom. The molecule has 0 saturated heterocycles. The Hall–Kier alpha value is -2.62. The summed E-state index contributed by atoms with van der Waals surface area (Å²) >= 11 is 8.63. The molecule has 2 aromatic carbocycles. The molecule has 0 bridgehead atoms. The van der Waals surface area contributed by atoms with Crippen molar-refractivity contribution in [2.24, 2.45) is 0 Å². The van der Waals surface area contributed by atoms with Crippen LogP contribution >= 0.6 is 34.5 Å². The molecule has 0 spiro atoms. The number of hydrogen-bond donors (Lipinski definition) is 1. The summed E-state index contributed by atoms with van der Waals surface area (Å²) < 4.78 is 33.8. The van der Waals surface area contributed by atoms with E-state index in [0.717, 1.165) is 21.6 Å². The summed E-state index contributed by atoms with van der Waals surface area (Å²) in [5, 5.41) is 4.23. The SMILES string of the molecule is O=C(Nc1nc(-c2ccc(OC(F)F)cc2)ns1)c1sc2ccccc2c1Cl. The minimum Gasteiger partial charge on any atom is -0.435 e. The molecule has 2 aromatic heterocycles. The van der Waals surface area contributed by atoms with Gasteiger partial charge in [-0.05, 0) is 30.3 Å². The topological polar surface area (TPSA) is 64.1 Å². The summed E-state index contributed by atoms with van der Waals surface area (Å²) in [5.41, 5.74) is 0.609. The highest BCUT2D eigenvalue weighted by Gasteiger charge is 2.18. The number of carbonyl (C=O) groups excluding carboxylic acids is 1. The van der Waals surface area contributed by atoms with Crippen LogP contribution in [0.3, 0.4) is 0 Å². The lowest BCUT2D eigenvalue weighted by molar-refractivity contribution is -0.0498. The zero-order chi connectivity index (χ0) is 19.7. The number of fused-ring (bicyclic) bond motifs is 1. The third-order valence-electron chi connectivity index (χ3n) is 3.73. The van der Waals surface area contributed by atoms with Gasteiger partial charge in [-0.2, -0.15) is 18.1 Å². The summed E-state index contributed by atoms with van der Waals surface area (Å²) in [6, 6.07) is 13.4. The van der Waals surface area contributed by atoms with Crippen LogP contribution in [-0.2, 0) is 0 Å². The number of rotatable bonds is 5. The van der Waals surface area contributed by atoms with Crippen LogP contribution in [0.25, 0.3) is 21.5 Å². The van der Waals surface area contributed by atoms with Gasteiger partial charge in [-0.25, -0.2) is 0 Å². The smallest absolute Gasteiger partial charge is 0.387 e. The monoisotopic (exact) mass is 437 g/mol. The number of carbonyl (C=O) groups is 1. The fourth-order valence-electron chi connectivity index (χ4n) is 2.49. The van der Waals surface area contributed by atoms with Gasteiger partial charge in [-0.1, -0.05) is 29.8 Å². The maximum absolute atomic E-state index is 12.6. The van der Waals surface area contributed by atoms with Gasteiger partial charge in [-0.15, -0.1) is 11.3 Å². The molecule has 4 rings (SSSR count). The number of amides is 1. The summed E-state index contributed by atoms with van der Waals surface area (Å²) in [6.07, 6.45) is 0. The van der Waals surface area contributed by atoms with E-state index in [2.05, 4.69) is 19.4 Å². The minimum atomic E-state index is -2.88. The van der Waals surface area contributed by atoms with Crippen molar-refractivity contribution < 1.29 is 18.3 Å². The van der Waals surface area contributed by atoms with Crippen molar-refractivity contribution in [1.29, 1.82) is 0 Å². The van der Waals surface area contributed by atoms with Crippen molar-refractivity contribution in [3.8, 4) is 17.1 Å². The summed E-state index contributed by atoms with van der Waals surface area (Å²) in [5.74, 6) is 0.0443. The first-order chi connectivity index (χ1) is 13.5. The van der Waals surface area contributed by atoms with Gasteiger partial charge in [0.2, 0.25) is 5.13 Å². The molecule has 1 N–H and O–H groups in total. The van der Waals surface area contributed by atoms with Crippen molar-refractivity contribution in [3.05, 3.63) is 58.4 Å². The van der Waals surface area contributed by atoms with Crippen LogP contribution in [0.1, 0.15) is 9.67 Å². The van der Waals surface area contributed by atoms with Gasteiger partial charge in [0.05, 0.1) is 5.02 Å². The molecule has 28 heavy (non-hydrogen) atoms. The van der Waals surface area contributed by atoms with Crippen molar-refractivity contribution in [2.45, 2.75) is 6.61 Å². The molecular weight excluding hydrogens is 428 g/mol. The number of ether oxygens (including phenoxy) is 1. The van der Waals surface area contributed by atoms with Crippen LogP contribution in [0.15, 0.2) is 48.5 Å². The molecule has 0 aliphatic carbocycles. The second kappa shape index (κ2) is 7.78. The lowest BCUT2D eigenvalue weighted by Crippen LogP contribution is -2.10. The van der Waals surface area contributed by atoms with E-state index in [-0.39, 0.29) is 11.7 Å². The molecule has 142 valence electrons. The van der Waals surface area contributed by atoms with Gasteiger partial charge in [0.15, 0.2) is 5.82 Å². The van der Waals surface area contributed by atoms with Crippen LogP contribution in [0.4, 0.5) is 13.9 Å². The Labute approximate surface area is 170 Å². The molecule has 10 heteroatoms. The van der Waals surface area contributed by atoms with Gasteiger partial charge in [0.25, 0.3) is 5.91 Å². The summed E-state index contributed by atoms with van der Waals surface area (Å²) in [6.45, 7) is -2.88. The second-order valence-electron chi connectivity index (χ2n) is 5.52. The number of alkyl halides is 2. The predicted octanol–water partition coefficient (Wildman–Crippen LogP) is 5.93. The van der Waals surface area contributed by atoms with Gasteiger partial charge in [0, 0.05) is 27.2 Å². The fourth-order valence-corrected chi connectivity index (χ4v) is 4.49. The Balaban J connectivity index is 1.51. The average Bonchev–Trinajstić information content (AvgIpc) is 3.27. The van der Waals surface area contributed by atoms with E-state index in [1.807, 2.05) is 24.3 Å². The van der Waals surface area contributed by atoms with Crippen molar-refractivity contribution in [3.63, 3.8) is 0 Å². The van der Waals surface area contributed by atoms with E-state index in [1.165, 1.54) is 23.5 Å². The van der Waals surface area contributed by atoms with Crippen LogP contribution < -0.4 is 10.1 Å². The summed E-state index contributed by atoms with van der Waals surface area (Å²) in [4.78, 5) is 17.2. The lowest BCUT2D eigenvalue weighted by atomic mass is 10.2. The lowest BCUT2D eigenvalue weighted by Gasteiger charge is -2.04. The third kappa shape index (κ3) is 3.82. The Morgan fingerprint density at radius 1 is 1.14 bits per heavy atom. The van der Waals surface area contributed by atoms with E-state index < -0.39 is 6.61 Å². The highest BCUT2D eigenvalue weighted by molar-refractivity contribution is 7.21. The third-order valence-corrected chi connectivity index (χ3v) is 6.03. The highest BCUT2D eigenvalue weighted by Crippen LogP contribution is 2.35. The van der Waals surface area contributed by atoms with Crippen molar-refractivity contribution in [1.82, 2.24) is 9.36 Å². The second-order valence-corrected chi connectivity index (χ2v) is 7.70. The number of halogens is 3. The molecule has 5 nitrogen and oxygen atoms in total. The number of nitrogens with one attached hydrogen (secondary N) is 1. The normalized spacial score (nSPS) is 11.1. The molecule has 0 unspecified atom stereocenters. The molecule has 0 aliphatic heterocycles. The standard InChI is InChI=1S/C18H10ClF2N3O2S2/c19-13-11-3-1-2-4-12(11)27-14(13)16(25)23-18-22-15(24-28-18)9-5-7-10(8-6-9)26-17(20)21/h1-8,17H,(H,22,23,24,25). The molecular formula is C18H10ClF2N3O2S2. The molecule has 0 radical (unpaired) electrons. The first-order valence-corrected chi connectivity index (χ1v) is 9.85. The quantitative estimate of drug-likeness (QED) is 0.420. The first-order valence-electron chi connectivity index (χ1n) is 7.88. The summed E-state index contributed by atoms with van der Waals surface area (Å²) in [7, 11) is 0. The Kier molecular flexibility index (Phi) is 5.21. The highest BCUT2D eigenvalue weighted by atomic mass is 35.5. The van der Waals surface area contributed by atoms with E-state index in [0.29, 0.717) is 26.4 Å². The van der Waals surface area contributed by atoms with E-state index >= 15 is 0 Å². The molecule has 0 atom stereocenters. The van der Waals surface area contributed by atoms with E-state index in [4.69, 9.17) is 11.6 Å². The van der Waals surface area contributed by atoms with Gasteiger partial charge >= 0.3 is 6.61 Å². The molecule has 0 aliphatic rings. The maximum Gasteiger partial charge on any atom is 0.387 e. The zero-order valence-corrected chi connectivity index (χ0v) is 16.2. The van der Waals surface area contributed by atoms with Crippen LogP contribution in [0.2, 0.25) is 5.02 Å². The largest absolute Gasteiger partial charge is 0.435 e. The number of anilines is 1. The molecule has 0 saturated carbocycles. The average molecular weight is 438 g/mol. The first kappa shape index (κ1) is 18.7. The van der Waals surface area contributed by atoms with Crippen molar-refractivity contribution >= 4 is 55.6 Å². The fraction of sp³-hybridized carbons (Fsp3) is 0.0556.